The van der Waals surface area contributed by atoms with E-state index < -0.39 is 10.1 Å². The van der Waals surface area contributed by atoms with E-state index in [0.717, 1.165) is 5.52 Å². The zero-order valence-corrected chi connectivity index (χ0v) is 12.2. The van der Waals surface area contributed by atoms with Crippen molar-refractivity contribution in [2.24, 2.45) is 0 Å². The fraction of sp³-hybridized carbons (Fsp3) is 0. The first-order valence-electron chi connectivity index (χ1n) is 3.57. The number of H-pyrrole nitrogens is 1. The average Bonchev–Trinajstić information content (AvgIpc) is 2.41. The quantitative estimate of drug-likeness (QED) is 0.410. The molecule has 1 heterocycles. The van der Waals surface area contributed by atoms with Crippen molar-refractivity contribution >= 4 is 43.9 Å². The van der Waals surface area contributed by atoms with E-state index >= 15 is 0 Å². The van der Waals surface area contributed by atoms with Gasteiger partial charge < -0.3 is 6.41 Å². The summed E-state index contributed by atoms with van der Waals surface area (Å²) in [5.41, 5.74) is 0.771. The molecule has 0 aliphatic rings. The molecule has 2 rings (SSSR count). The Labute approximate surface area is 119 Å². The summed E-state index contributed by atoms with van der Waals surface area (Å²) in [5.74, 6) is 0. The third-order valence-electron chi connectivity index (χ3n) is 1.69. The molecule has 76 valence electrons. The number of hydrogen-bond acceptors (Lipinski definition) is 4. The molecule has 2 aromatic rings. The summed E-state index contributed by atoms with van der Waals surface area (Å²) in [7, 11) is -4.13. The molecule has 8 heteroatoms. The van der Waals surface area contributed by atoms with E-state index in [-0.39, 0.29) is 35.9 Å². The zero-order chi connectivity index (χ0) is 10.3. The Hall–Kier alpha value is 0.240. The molecular weight excluding hydrogens is 265 g/mol. The van der Waals surface area contributed by atoms with Gasteiger partial charge in [0.1, 0.15) is 0 Å². The van der Waals surface area contributed by atoms with E-state index in [9.17, 15) is 8.42 Å². The number of nitrogens with one attached hydrogen (secondary N) is 1. The van der Waals surface area contributed by atoms with Gasteiger partial charge in [0.05, 0.1) is 15.1 Å². The van der Waals surface area contributed by atoms with E-state index in [4.69, 9.17) is 16.8 Å². The minimum atomic E-state index is -4.13. The molecule has 0 unspecified atom stereocenters. The van der Waals surface area contributed by atoms with E-state index in [1.807, 2.05) is 0 Å². The maximum Gasteiger partial charge on any atom is 1.00 e. The van der Waals surface area contributed by atoms with E-state index in [2.05, 4.69) is 4.98 Å². The molecule has 0 amide bonds. The van der Waals surface area contributed by atoms with Crippen LogP contribution in [0.5, 0.6) is 0 Å². The molecule has 0 aliphatic carbocycles. The van der Waals surface area contributed by atoms with Gasteiger partial charge in [0.2, 0.25) is 0 Å². The number of benzene rings is 1. The van der Waals surface area contributed by atoms with Gasteiger partial charge in [0.25, 0.3) is 10.1 Å². The minimum Gasteiger partial charge on any atom is -1.00 e. The average molecular weight is 271 g/mol. The van der Waals surface area contributed by atoms with Gasteiger partial charge in [-0.2, -0.15) is 8.42 Å². The van der Waals surface area contributed by atoms with Crippen molar-refractivity contribution in [1.82, 2.24) is 4.98 Å². The first-order valence-corrected chi connectivity index (χ1v) is 6.24. The third-order valence-corrected chi connectivity index (χ3v) is 3.74. The first kappa shape index (κ1) is 13.3. The molecule has 1 aromatic heterocycles. The molecule has 0 spiro atoms. The molecule has 0 fully saturated rings. The van der Waals surface area contributed by atoms with Crippen LogP contribution in [-0.4, -0.2) is 18.0 Å². The first-order chi connectivity index (χ1) is 6.47. The van der Waals surface area contributed by atoms with Crippen molar-refractivity contribution in [3.8, 4) is 0 Å². The molecule has 0 saturated heterocycles. The van der Waals surface area contributed by atoms with E-state index in [1.54, 1.807) is 6.07 Å². The molecule has 0 bridgehead atoms. The van der Waals surface area contributed by atoms with Crippen LogP contribution in [0.1, 0.15) is 1.43 Å². The molecule has 2 N–H and O–H groups in total. The fourth-order valence-electron chi connectivity index (χ4n) is 1.09. The molecule has 1 aromatic carbocycles. The fourth-order valence-corrected chi connectivity index (χ4v) is 2.82. The molecule has 0 saturated carbocycles. The van der Waals surface area contributed by atoms with Crippen molar-refractivity contribution in [2.45, 2.75) is 4.90 Å². The van der Waals surface area contributed by atoms with Crippen LogP contribution in [0, 0.1) is 3.95 Å². The van der Waals surface area contributed by atoms with Crippen molar-refractivity contribution in [3.05, 3.63) is 22.2 Å². The Morgan fingerprint density at radius 1 is 1.47 bits per heavy atom. The van der Waals surface area contributed by atoms with Crippen LogP contribution in [0.2, 0.25) is 0 Å². The number of rotatable bonds is 1. The third kappa shape index (κ3) is 2.88. The molecular formula is C7H6NNaO3S3. The minimum absolute atomic E-state index is 0. The van der Waals surface area contributed by atoms with Crippen LogP contribution in [0.4, 0.5) is 0 Å². The molecule has 0 atom stereocenters. The predicted molar refractivity (Wildman–Crippen MR) is 57.9 cm³/mol. The van der Waals surface area contributed by atoms with Crippen molar-refractivity contribution in [2.75, 3.05) is 0 Å². The second kappa shape index (κ2) is 4.62. The van der Waals surface area contributed by atoms with E-state index in [1.165, 1.54) is 23.5 Å². The number of hydrogen-bond donors (Lipinski definition) is 2. The van der Waals surface area contributed by atoms with Crippen LogP contribution in [-0.2, 0) is 10.1 Å². The molecule has 0 radical (unpaired) electrons. The molecule has 0 aliphatic heterocycles. The second-order valence-electron chi connectivity index (χ2n) is 2.65. The van der Waals surface area contributed by atoms with Gasteiger partial charge in [-0.05, 0) is 30.4 Å². The summed E-state index contributed by atoms with van der Waals surface area (Å²) in [4.78, 5) is 2.78. The Bertz CT molecular complexity index is 648. The molecule has 15 heavy (non-hydrogen) atoms. The zero-order valence-electron chi connectivity index (χ0n) is 8.72. The van der Waals surface area contributed by atoms with Gasteiger partial charge in [-0.3, -0.25) is 4.55 Å². The number of aromatic amines is 1. The van der Waals surface area contributed by atoms with Crippen LogP contribution < -0.4 is 29.6 Å². The summed E-state index contributed by atoms with van der Waals surface area (Å²) < 4.78 is 31.7. The standard InChI is InChI=1S/C7H5NO3S3.Na.H/c9-14(10,11)4-1-2-5-6(3-4)13-7(12)8-5;;/h1-3H,(H,8,12)(H,9,10,11);;/q;+1;-1. The summed E-state index contributed by atoms with van der Waals surface area (Å²) >= 11 is 6.17. The van der Waals surface area contributed by atoms with Gasteiger partial charge >= 0.3 is 29.6 Å². The van der Waals surface area contributed by atoms with Crippen LogP contribution in [0.3, 0.4) is 0 Å². The Kier molecular flexibility index (Phi) is 4.10. The summed E-state index contributed by atoms with van der Waals surface area (Å²) in [6.45, 7) is 0. The maximum absolute atomic E-state index is 10.8. The Balaban J connectivity index is 0.00000112. The monoisotopic (exact) mass is 271 g/mol. The number of thiazole rings is 1. The van der Waals surface area contributed by atoms with E-state index in [0.29, 0.717) is 8.65 Å². The van der Waals surface area contributed by atoms with Crippen LogP contribution >= 0.6 is 23.6 Å². The molecule has 4 nitrogen and oxygen atoms in total. The second-order valence-corrected chi connectivity index (χ2v) is 5.79. The SMILES string of the molecule is O=S(=O)(O)c1ccc2[nH]c(=S)sc2c1.[H-].[Na+]. The Morgan fingerprint density at radius 2 is 2.13 bits per heavy atom. The summed E-state index contributed by atoms with van der Waals surface area (Å²) in [6.07, 6.45) is 0. The largest absolute Gasteiger partial charge is 1.00 e. The van der Waals surface area contributed by atoms with Gasteiger partial charge in [0.15, 0.2) is 3.95 Å². The van der Waals surface area contributed by atoms with Gasteiger partial charge in [-0.25, -0.2) is 0 Å². The summed E-state index contributed by atoms with van der Waals surface area (Å²) in [5, 5.41) is 0. The Morgan fingerprint density at radius 3 is 2.73 bits per heavy atom. The van der Waals surface area contributed by atoms with Crippen LogP contribution in [0.25, 0.3) is 10.2 Å². The normalized spacial score (nSPS) is 11.3. The predicted octanol–water partition coefficient (Wildman–Crippen LogP) is -0.678. The van der Waals surface area contributed by atoms with Gasteiger partial charge in [0, 0.05) is 0 Å². The number of fused-ring (bicyclic) bond motifs is 1. The van der Waals surface area contributed by atoms with Gasteiger partial charge in [-0.1, -0.05) is 0 Å². The topological polar surface area (TPSA) is 70.2 Å². The smallest absolute Gasteiger partial charge is 1.00 e. The van der Waals surface area contributed by atoms with Crippen molar-refractivity contribution in [1.29, 1.82) is 0 Å². The van der Waals surface area contributed by atoms with Crippen LogP contribution in [0.15, 0.2) is 23.1 Å². The summed E-state index contributed by atoms with van der Waals surface area (Å²) in [6, 6.07) is 4.29. The maximum atomic E-state index is 10.8. The number of aromatic nitrogens is 1. The van der Waals surface area contributed by atoms with Gasteiger partial charge in [-0.15, -0.1) is 11.3 Å². The van der Waals surface area contributed by atoms with Crippen molar-refractivity contribution in [3.63, 3.8) is 0 Å². The van der Waals surface area contributed by atoms with Crippen molar-refractivity contribution < 1.29 is 44.0 Å².